The number of esters is 2. The van der Waals surface area contributed by atoms with Gasteiger partial charge in [-0.15, -0.1) is 0 Å². The summed E-state index contributed by atoms with van der Waals surface area (Å²) < 4.78 is 9.49. The van der Waals surface area contributed by atoms with Crippen molar-refractivity contribution in [2.45, 2.75) is 26.2 Å². The Morgan fingerprint density at radius 2 is 1.61 bits per heavy atom. The lowest BCUT2D eigenvalue weighted by molar-refractivity contribution is -0.146. The third kappa shape index (κ3) is 7.26. The first kappa shape index (κ1) is 23.6. The van der Waals surface area contributed by atoms with E-state index in [9.17, 15) is 19.2 Å². The highest BCUT2D eigenvalue weighted by atomic mass is 16.5. The summed E-state index contributed by atoms with van der Waals surface area (Å²) in [6.45, 7) is 5.32. The summed E-state index contributed by atoms with van der Waals surface area (Å²) >= 11 is 0. The Balaban J connectivity index is 1.78. The van der Waals surface area contributed by atoms with E-state index in [0.717, 1.165) is 5.56 Å². The Hall–Kier alpha value is -3.68. The lowest BCUT2D eigenvalue weighted by atomic mass is 9.87. The molecule has 2 aromatic rings. The monoisotopic (exact) mass is 426 g/mol. The highest BCUT2D eigenvalue weighted by molar-refractivity contribution is 5.97. The molecule has 8 heteroatoms. The molecule has 0 unspecified atom stereocenters. The van der Waals surface area contributed by atoms with E-state index >= 15 is 0 Å². The number of methoxy groups -OCH3 is 1. The van der Waals surface area contributed by atoms with Crippen LogP contribution in [-0.4, -0.2) is 44.0 Å². The molecule has 2 rings (SSSR count). The van der Waals surface area contributed by atoms with E-state index in [2.05, 4.69) is 36.1 Å². The van der Waals surface area contributed by atoms with E-state index in [1.54, 1.807) is 30.3 Å². The fraction of sp³-hybridized carbons (Fsp3) is 0.304. The van der Waals surface area contributed by atoms with Crippen LogP contribution in [0.5, 0.6) is 0 Å². The Morgan fingerprint density at radius 3 is 2.23 bits per heavy atom. The van der Waals surface area contributed by atoms with Gasteiger partial charge in [-0.25, -0.2) is 4.79 Å². The fourth-order valence-electron chi connectivity index (χ4n) is 2.61. The Morgan fingerprint density at radius 1 is 0.935 bits per heavy atom. The van der Waals surface area contributed by atoms with Crippen molar-refractivity contribution in [2.24, 2.45) is 0 Å². The Bertz CT molecular complexity index is 961. The average molecular weight is 426 g/mol. The number of carbonyl (C=O) groups is 4. The number of carbonyl (C=O) groups excluding carboxylic acids is 4. The van der Waals surface area contributed by atoms with Gasteiger partial charge >= 0.3 is 11.9 Å². The smallest absolute Gasteiger partial charge is 0.337 e. The first-order valence-electron chi connectivity index (χ1n) is 9.63. The molecular weight excluding hydrogens is 400 g/mol. The maximum Gasteiger partial charge on any atom is 0.337 e. The van der Waals surface area contributed by atoms with Crippen LogP contribution in [0.2, 0.25) is 0 Å². The van der Waals surface area contributed by atoms with Gasteiger partial charge in [-0.05, 0) is 41.3 Å². The summed E-state index contributed by atoms with van der Waals surface area (Å²) in [6, 6.07) is 13.3. The summed E-state index contributed by atoms with van der Waals surface area (Å²) in [5.41, 5.74) is 2.11. The minimum absolute atomic E-state index is 0.0278. The van der Waals surface area contributed by atoms with Crippen LogP contribution >= 0.6 is 0 Å². The van der Waals surface area contributed by atoms with E-state index in [-0.39, 0.29) is 17.5 Å². The van der Waals surface area contributed by atoms with Gasteiger partial charge in [-0.2, -0.15) is 0 Å². The van der Waals surface area contributed by atoms with Crippen molar-refractivity contribution in [1.29, 1.82) is 0 Å². The molecule has 0 fully saturated rings. The second-order valence-corrected chi connectivity index (χ2v) is 7.79. The summed E-state index contributed by atoms with van der Waals surface area (Å²) in [5.74, 6) is -2.29. The molecule has 0 spiro atoms. The quantitative estimate of drug-likeness (QED) is 0.659. The number of ether oxygens (including phenoxy) is 2. The molecule has 2 N–H and O–H groups in total. The molecule has 2 amide bonds. The molecule has 0 heterocycles. The van der Waals surface area contributed by atoms with Gasteiger partial charge in [0.1, 0.15) is 6.54 Å². The van der Waals surface area contributed by atoms with E-state index in [4.69, 9.17) is 4.74 Å². The second kappa shape index (κ2) is 10.4. The van der Waals surface area contributed by atoms with Crippen molar-refractivity contribution in [1.82, 2.24) is 5.32 Å². The molecule has 0 radical (unpaired) electrons. The van der Waals surface area contributed by atoms with Crippen molar-refractivity contribution in [3.63, 3.8) is 0 Å². The molecule has 0 saturated heterocycles. The molecule has 0 saturated carbocycles. The van der Waals surface area contributed by atoms with Gasteiger partial charge < -0.3 is 20.1 Å². The van der Waals surface area contributed by atoms with E-state index in [1.165, 1.54) is 13.2 Å². The SMILES string of the molecule is COC(=O)c1cccc(NC(=O)COC(=O)CNC(=O)c2ccc(C(C)(C)C)cc2)c1. The first-order valence-corrected chi connectivity index (χ1v) is 9.63. The fourth-order valence-corrected chi connectivity index (χ4v) is 2.61. The Kier molecular flexibility index (Phi) is 7.90. The normalized spacial score (nSPS) is 10.7. The van der Waals surface area contributed by atoms with Gasteiger partial charge in [0.2, 0.25) is 0 Å². The van der Waals surface area contributed by atoms with Crippen molar-refractivity contribution < 1.29 is 28.7 Å². The molecule has 0 aliphatic rings. The van der Waals surface area contributed by atoms with Crippen molar-refractivity contribution >= 4 is 29.4 Å². The topological polar surface area (TPSA) is 111 Å². The molecular formula is C23H26N2O6. The van der Waals surface area contributed by atoms with Gasteiger partial charge in [0.25, 0.3) is 11.8 Å². The predicted molar refractivity (Wildman–Crippen MR) is 115 cm³/mol. The molecule has 2 aromatic carbocycles. The van der Waals surface area contributed by atoms with Crippen LogP contribution in [0.3, 0.4) is 0 Å². The van der Waals surface area contributed by atoms with Gasteiger partial charge in [0.15, 0.2) is 6.61 Å². The number of anilines is 1. The van der Waals surface area contributed by atoms with E-state index < -0.39 is 30.4 Å². The number of benzene rings is 2. The Labute approximate surface area is 180 Å². The third-order valence-electron chi connectivity index (χ3n) is 4.34. The zero-order chi connectivity index (χ0) is 23.0. The highest BCUT2D eigenvalue weighted by Crippen LogP contribution is 2.22. The summed E-state index contributed by atoms with van der Waals surface area (Å²) in [7, 11) is 1.26. The maximum absolute atomic E-state index is 12.2. The highest BCUT2D eigenvalue weighted by Gasteiger charge is 2.15. The minimum atomic E-state index is -0.752. The van der Waals surface area contributed by atoms with Crippen LogP contribution in [0.25, 0.3) is 0 Å². The molecule has 0 aliphatic heterocycles. The summed E-state index contributed by atoms with van der Waals surface area (Å²) in [5, 5.41) is 4.97. The lowest BCUT2D eigenvalue weighted by Gasteiger charge is -2.19. The minimum Gasteiger partial charge on any atom is -0.465 e. The van der Waals surface area contributed by atoms with E-state index in [1.807, 2.05) is 12.1 Å². The van der Waals surface area contributed by atoms with Crippen molar-refractivity contribution in [3.05, 3.63) is 65.2 Å². The molecule has 0 atom stereocenters. The first-order chi connectivity index (χ1) is 14.6. The molecule has 0 bridgehead atoms. The molecule has 0 aromatic heterocycles. The van der Waals surface area contributed by atoms with Crippen molar-refractivity contribution in [3.8, 4) is 0 Å². The zero-order valence-electron chi connectivity index (χ0n) is 18.0. The van der Waals surface area contributed by atoms with Crippen LogP contribution in [0, 0.1) is 0 Å². The summed E-state index contributed by atoms with van der Waals surface area (Å²) in [4.78, 5) is 47.5. The molecule has 8 nitrogen and oxygen atoms in total. The number of rotatable bonds is 7. The van der Waals surface area contributed by atoms with Crippen molar-refractivity contribution in [2.75, 3.05) is 25.6 Å². The number of hydrogen-bond donors (Lipinski definition) is 2. The molecule has 164 valence electrons. The third-order valence-corrected chi connectivity index (χ3v) is 4.34. The largest absolute Gasteiger partial charge is 0.465 e. The lowest BCUT2D eigenvalue weighted by Crippen LogP contribution is -2.32. The standard InChI is InChI=1S/C23H26N2O6/c1-23(2,3)17-10-8-15(9-11-17)21(28)24-13-20(27)31-14-19(26)25-18-7-5-6-16(12-18)22(29)30-4/h5-12H,13-14H2,1-4H3,(H,24,28)(H,25,26). The zero-order valence-corrected chi connectivity index (χ0v) is 18.0. The predicted octanol–water partition coefficient (Wildman–Crippen LogP) is 2.68. The summed E-state index contributed by atoms with van der Waals surface area (Å²) in [6.07, 6.45) is 0. The van der Waals surface area contributed by atoms with Gasteiger partial charge in [-0.3, -0.25) is 14.4 Å². The molecule has 0 aliphatic carbocycles. The van der Waals surface area contributed by atoms with Gasteiger partial charge in [-0.1, -0.05) is 39.0 Å². The number of amides is 2. The number of hydrogen-bond acceptors (Lipinski definition) is 6. The van der Waals surface area contributed by atoms with Crippen LogP contribution < -0.4 is 10.6 Å². The number of nitrogens with one attached hydrogen (secondary N) is 2. The van der Waals surface area contributed by atoms with Crippen LogP contribution in [0.1, 0.15) is 47.1 Å². The van der Waals surface area contributed by atoms with Crippen LogP contribution in [0.4, 0.5) is 5.69 Å². The molecule has 31 heavy (non-hydrogen) atoms. The average Bonchev–Trinajstić information content (AvgIpc) is 2.75. The van der Waals surface area contributed by atoms with Crippen LogP contribution in [0.15, 0.2) is 48.5 Å². The van der Waals surface area contributed by atoms with Gasteiger partial charge in [0, 0.05) is 11.3 Å². The van der Waals surface area contributed by atoms with Gasteiger partial charge in [0.05, 0.1) is 12.7 Å². The second-order valence-electron chi connectivity index (χ2n) is 7.79. The van der Waals surface area contributed by atoms with Crippen LogP contribution in [-0.2, 0) is 24.5 Å². The van der Waals surface area contributed by atoms with E-state index in [0.29, 0.717) is 11.3 Å². The maximum atomic E-state index is 12.2.